The van der Waals surface area contributed by atoms with Crippen LogP contribution in [0.2, 0.25) is 5.02 Å². The van der Waals surface area contributed by atoms with Crippen LogP contribution in [0.1, 0.15) is 16.1 Å². The fourth-order valence-electron chi connectivity index (χ4n) is 4.03. The largest absolute Gasteiger partial charge is 0.465 e. The summed E-state index contributed by atoms with van der Waals surface area (Å²) in [5.41, 5.74) is 1.43. The van der Waals surface area contributed by atoms with Crippen molar-refractivity contribution in [3.63, 3.8) is 0 Å². The minimum atomic E-state index is -3.84. The van der Waals surface area contributed by atoms with Crippen molar-refractivity contribution in [2.45, 2.75) is 12.6 Å². The fraction of sp³-hybridized carbons (Fsp3) is 0.429. The van der Waals surface area contributed by atoms with Crippen molar-refractivity contribution in [3.05, 3.63) is 58.9 Å². The number of pyridine rings is 1. The van der Waals surface area contributed by atoms with Gasteiger partial charge >= 0.3 is 16.2 Å². The van der Waals surface area contributed by atoms with E-state index in [1.165, 1.54) is 13.3 Å². The summed E-state index contributed by atoms with van der Waals surface area (Å²) in [7, 11) is -2.55. The lowest BCUT2D eigenvalue weighted by molar-refractivity contribution is -0.0718. The topological polar surface area (TPSA) is 97.8 Å². The SMILES string of the molecule is COC(=O)c1ccc(CNS(=O)(=O)[N+]2(c3cccc(Cl)c3)CCN(C3COC3)CC2)nc1. The maximum atomic E-state index is 13.6. The first-order chi connectivity index (χ1) is 15.3. The minimum Gasteiger partial charge on any atom is -0.465 e. The molecule has 1 N–H and O–H groups in total. The fourth-order valence-corrected chi connectivity index (χ4v) is 5.82. The van der Waals surface area contributed by atoms with E-state index in [4.69, 9.17) is 16.3 Å². The number of esters is 1. The van der Waals surface area contributed by atoms with Crippen LogP contribution in [0.25, 0.3) is 0 Å². The van der Waals surface area contributed by atoms with Gasteiger partial charge in [0.25, 0.3) is 0 Å². The van der Waals surface area contributed by atoms with Crippen molar-refractivity contribution >= 4 is 33.5 Å². The maximum Gasteiger partial charge on any atom is 0.375 e. The van der Waals surface area contributed by atoms with E-state index < -0.39 is 16.2 Å². The highest BCUT2D eigenvalue weighted by Gasteiger charge is 2.48. The molecule has 1 aromatic heterocycles. The highest BCUT2D eigenvalue weighted by molar-refractivity contribution is 7.89. The number of carbonyl (C=O) groups excluding carboxylic acids is 1. The molecule has 0 saturated carbocycles. The van der Waals surface area contributed by atoms with Crippen molar-refractivity contribution in [2.75, 3.05) is 46.5 Å². The average molecular weight is 482 g/mol. The summed E-state index contributed by atoms with van der Waals surface area (Å²) in [6.45, 7) is 3.43. The van der Waals surface area contributed by atoms with Gasteiger partial charge in [-0.1, -0.05) is 17.7 Å². The lowest BCUT2D eigenvalue weighted by atomic mass is 10.1. The van der Waals surface area contributed by atoms with E-state index in [2.05, 4.69) is 19.3 Å². The van der Waals surface area contributed by atoms with E-state index in [-0.39, 0.29) is 10.4 Å². The summed E-state index contributed by atoms with van der Waals surface area (Å²) in [6, 6.07) is 10.5. The highest BCUT2D eigenvalue weighted by Crippen LogP contribution is 2.32. The van der Waals surface area contributed by atoms with Crippen molar-refractivity contribution in [1.82, 2.24) is 18.5 Å². The monoisotopic (exact) mass is 481 g/mol. The van der Waals surface area contributed by atoms with Crippen molar-refractivity contribution in [3.8, 4) is 0 Å². The minimum absolute atomic E-state index is 0.00449. The van der Waals surface area contributed by atoms with Gasteiger partial charge in [0, 0.05) is 36.4 Å². The van der Waals surface area contributed by atoms with Gasteiger partial charge in [-0.05, 0) is 18.2 Å². The summed E-state index contributed by atoms with van der Waals surface area (Å²) in [5, 5.41) is 0.491. The second-order valence-electron chi connectivity index (χ2n) is 7.87. The zero-order chi connectivity index (χ0) is 22.8. The molecule has 4 rings (SSSR count). The Morgan fingerprint density at radius 1 is 1.28 bits per heavy atom. The summed E-state index contributed by atoms with van der Waals surface area (Å²) in [6.07, 6.45) is 1.37. The Kier molecular flexibility index (Phi) is 6.80. The second-order valence-corrected chi connectivity index (χ2v) is 10.2. The van der Waals surface area contributed by atoms with Crippen molar-refractivity contribution < 1.29 is 22.7 Å². The molecule has 2 fully saturated rings. The van der Waals surface area contributed by atoms with E-state index in [9.17, 15) is 13.2 Å². The Bertz CT molecular complexity index is 1070. The van der Waals surface area contributed by atoms with Crippen LogP contribution in [0.4, 0.5) is 5.69 Å². The normalized spacial score (nSPS) is 19.3. The van der Waals surface area contributed by atoms with Crippen LogP contribution in [0.15, 0.2) is 42.6 Å². The first-order valence-corrected chi connectivity index (χ1v) is 12.1. The van der Waals surface area contributed by atoms with Gasteiger partial charge < -0.3 is 9.47 Å². The lowest BCUT2D eigenvalue weighted by Gasteiger charge is -2.46. The van der Waals surface area contributed by atoms with Gasteiger partial charge in [-0.2, -0.15) is 17.0 Å². The first-order valence-electron chi connectivity index (χ1n) is 10.3. The molecule has 0 unspecified atom stereocenters. The number of halogens is 1. The molecule has 11 heteroatoms. The van der Waals surface area contributed by atoms with Crippen LogP contribution >= 0.6 is 11.6 Å². The Morgan fingerprint density at radius 2 is 2.03 bits per heavy atom. The molecule has 2 aromatic rings. The number of quaternary nitrogens is 1. The van der Waals surface area contributed by atoms with Gasteiger partial charge in [-0.25, -0.2) is 4.79 Å². The standard InChI is InChI=1S/C21H26ClN4O5S/c1-30-21(27)16-5-6-18(23-12-16)13-24-32(28,29)26(20-4-2-3-17(22)11-20)9-7-25(8-10-26)19-14-31-15-19/h2-6,11-12,19,24H,7-10,13-15H2,1H3/q+1. The number of nitrogens with zero attached hydrogens (tertiary/aromatic N) is 3. The molecule has 2 saturated heterocycles. The summed E-state index contributed by atoms with van der Waals surface area (Å²) in [4.78, 5) is 18.0. The quantitative estimate of drug-likeness (QED) is 0.473. The molecule has 32 heavy (non-hydrogen) atoms. The first kappa shape index (κ1) is 23.1. The Morgan fingerprint density at radius 3 is 2.59 bits per heavy atom. The molecule has 2 aliphatic heterocycles. The summed E-state index contributed by atoms with van der Waals surface area (Å²) in [5.74, 6) is -0.496. The number of carbonyl (C=O) groups is 1. The highest BCUT2D eigenvalue weighted by atomic mass is 35.5. The number of nitrogens with one attached hydrogen (secondary N) is 1. The molecule has 0 amide bonds. The third kappa shape index (κ3) is 4.52. The molecule has 0 spiro atoms. The Balaban J connectivity index is 1.55. The number of rotatable bonds is 7. The van der Waals surface area contributed by atoms with Crippen LogP contribution in [0, 0.1) is 0 Å². The third-order valence-electron chi connectivity index (χ3n) is 6.05. The molecular formula is C21H26ClN4O5S+. The number of hydrogen-bond donors (Lipinski definition) is 1. The number of methoxy groups -OCH3 is 1. The van der Waals surface area contributed by atoms with Gasteiger partial charge in [-0.15, -0.1) is 0 Å². The zero-order valence-electron chi connectivity index (χ0n) is 17.7. The molecule has 0 radical (unpaired) electrons. The van der Waals surface area contributed by atoms with E-state index in [1.54, 1.807) is 36.4 Å². The van der Waals surface area contributed by atoms with Gasteiger partial charge in [0.1, 0.15) is 13.1 Å². The van der Waals surface area contributed by atoms with Crippen molar-refractivity contribution in [2.24, 2.45) is 0 Å². The van der Waals surface area contributed by atoms with Gasteiger partial charge in [0.2, 0.25) is 0 Å². The molecule has 0 bridgehead atoms. The van der Waals surface area contributed by atoms with Crippen LogP contribution < -0.4 is 8.61 Å². The molecule has 0 atom stereocenters. The third-order valence-corrected chi connectivity index (χ3v) is 8.29. The van der Waals surface area contributed by atoms with E-state index in [0.29, 0.717) is 67.4 Å². The number of hydrogen-bond acceptors (Lipinski definition) is 7. The molecule has 2 aliphatic rings. The Hall–Kier alpha value is -2.08. The number of aromatic nitrogens is 1. The van der Waals surface area contributed by atoms with Gasteiger partial charge in [0.15, 0.2) is 5.69 Å². The number of benzene rings is 1. The summed E-state index contributed by atoms with van der Waals surface area (Å²) < 4.78 is 39.7. The maximum absolute atomic E-state index is 13.6. The second kappa shape index (κ2) is 9.42. The zero-order valence-corrected chi connectivity index (χ0v) is 19.3. The average Bonchev–Trinajstić information content (AvgIpc) is 2.77. The van der Waals surface area contributed by atoms with Crippen molar-refractivity contribution in [1.29, 1.82) is 0 Å². The molecule has 172 valence electrons. The number of piperazine rings is 1. The smallest absolute Gasteiger partial charge is 0.375 e. The van der Waals surface area contributed by atoms with E-state index in [1.807, 2.05) is 0 Å². The molecule has 1 aromatic carbocycles. The van der Waals surface area contributed by atoms with Crippen LogP contribution in [0.5, 0.6) is 0 Å². The van der Waals surface area contributed by atoms with Gasteiger partial charge in [0.05, 0.1) is 44.2 Å². The summed E-state index contributed by atoms with van der Waals surface area (Å²) >= 11 is 6.21. The number of ether oxygens (including phenoxy) is 2. The van der Waals surface area contributed by atoms with E-state index >= 15 is 0 Å². The lowest BCUT2D eigenvalue weighted by Crippen LogP contribution is -2.68. The molecule has 0 aliphatic carbocycles. The van der Waals surface area contributed by atoms with Crippen LogP contribution in [-0.2, 0) is 26.2 Å². The Labute approximate surface area is 192 Å². The predicted molar refractivity (Wildman–Crippen MR) is 120 cm³/mol. The van der Waals surface area contributed by atoms with Crippen LogP contribution in [0.3, 0.4) is 0 Å². The molecular weight excluding hydrogens is 456 g/mol. The van der Waals surface area contributed by atoms with Crippen LogP contribution in [-0.4, -0.2) is 76.8 Å². The van der Waals surface area contributed by atoms with Gasteiger partial charge in [-0.3, -0.25) is 9.88 Å². The molecule has 3 heterocycles. The van der Waals surface area contributed by atoms with E-state index in [0.717, 1.165) is 0 Å². The molecule has 9 nitrogen and oxygen atoms in total. The predicted octanol–water partition coefficient (Wildman–Crippen LogP) is 1.58.